The molecule has 4 nitrogen and oxygen atoms in total. The Labute approximate surface area is 155 Å². The molecule has 1 aromatic heterocycles. The Morgan fingerprint density at radius 2 is 1.88 bits per heavy atom. The van der Waals surface area contributed by atoms with Crippen molar-refractivity contribution in [3.63, 3.8) is 0 Å². The van der Waals surface area contributed by atoms with E-state index in [1.165, 1.54) is 23.5 Å². The summed E-state index contributed by atoms with van der Waals surface area (Å²) in [6.45, 7) is 4.89. The van der Waals surface area contributed by atoms with E-state index in [9.17, 15) is 4.39 Å². The molecule has 132 valence electrons. The zero-order chi connectivity index (χ0) is 17.9. The van der Waals surface area contributed by atoms with Crippen LogP contribution >= 0.6 is 29.6 Å². The van der Waals surface area contributed by atoms with Crippen LogP contribution in [0.3, 0.4) is 0 Å². The predicted molar refractivity (Wildman–Crippen MR) is 103 cm³/mol. The second-order valence-corrected chi connectivity index (χ2v) is 9.93. The van der Waals surface area contributed by atoms with Gasteiger partial charge in [-0.3, -0.25) is 5.09 Å². The second kappa shape index (κ2) is 8.21. The van der Waals surface area contributed by atoms with Crippen molar-refractivity contribution in [1.29, 1.82) is 0 Å². The van der Waals surface area contributed by atoms with Gasteiger partial charge in [0.05, 0.1) is 22.9 Å². The lowest BCUT2D eigenvalue weighted by molar-refractivity contribution is 0.178. The Hall–Kier alpha value is -0.560. The minimum Gasteiger partial charge on any atom is -0.311 e. The van der Waals surface area contributed by atoms with Gasteiger partial charge in [-0.2, -0.15) is 0 Å². The van der Waals surface area contributed by atoms with Crippen LogP contribution in [-0.2, 0) is 20.9 Å². The number of halogens is 2. The highest BCUT2D eigenvalue weighted by Crippen LogP contribution is 2.51. The SMILES string of the molecule is CC(C)OP(=S)(Nc1nc(-c2ccc(F)cc2Cl)cs1)OC(C)C. The van der Waals surface area contributed by atoms with Gasteiger partial charge in [0.2, 0.25) is 0 Å². The molecule has 2 rings (SSSR count). The van der Waals surface area contributed by atoms with E-state index in [0.29, 0.717) is 21.4 Å². The first kappa shape index (κ1) is 19.8. The molecule has 0 spiro atoms. The summed E-state index contributed by atoms with van der Waals surface area (Å²) in [5.74, 6) is -0.386. The molecule has 0 aliphatic rings. The first-order valence-electron chi connectivity index (χ1n) is 7.34. The van der Waals surface area contributed by atoms with E-state index >= 15 is 0 Å². The summed E-state index contributed by atoms with van der Waals surface area (Å²) < 4.78 is 24.8. The standard InChI is InChI=1S/C15H19ClFN2O2PS2/c1-9(2)20-22(23,21-10(3)4)19-15-18-14(8-24-15)12-6-5-11(17)7-13(12)16/h5-10H,1-4H3,(H,18,19,23). The Bertz CT molecular complexity index is 741. The zero-order valence-electron chi connectivity index (χ0n) is 13.7. The van der Waals surface area contributed by atoms with E-state index < -0.39 is 6.64 Å². The molecule has 0 atom stereocenters. The second-order valence-electron chi connectivity index (χ2n) is 5.58. The molecule has 2 aromatic rings. The van der Waals surface area contributed by atoms with Crippen LogP contribution in [0.25, 0.3) is 11.3 Å². The van der Waals surface area contributed by atoms with Gasteiger partial charge in [0.25, 0.3) is 6.64 Å². The number of benzene rings is 1. The summed E-state index contributed by atoms with van der Waals surface area (Å²) in [4.78, 5) is 4.47. The lowest BCUT2D eigenvalue weighted by atomic mass is 10.2. The molecule has 0 amide bonds. The number of aromatic nitrogens is 1. The summed E-state index contributed by atoms with van der Waals surface area (Å²) in [5, 5.41) is 5.82. The van der Waals surface area contributed by atoms with Gasteiger partial charge in [-0.1, -0.05) is 11.6 Å². The minimum absolute atomic E-state index is 0.0759. The van der Waals surface area contributed by atoms with Gasteiger partial charge in [0.1, 0.15) is 5.82 Å². The van der Waals surface area contributed by atoms with Gasteiger partial charge in [-0.05, 0) is 57.7 Å². The number of rotatable bonds is 7. The van der Waals surface area contributed by atoms with Gasteiger partial charge >= 0.3 is 0 Å². The molecule has 0 unspecified atom stereocenters. The van der Waals surface area contributed by atoms with Crippen LogP contribution in [0.4, 0.5) is 9.52 Å². The van der Waals surface area contributed by atoms with E-state index in [1.807, 2.05) is 33.1 Å². The van der Waals surface area contributed by atoms with Crippen molar-refractivity contribution in [3.05, 3.63) is 34.4 Å². The summed E-state index contributed by atoms with van der Waals surface area (Å²) in [7, 11) is 0. The molecule has 1 aromatic carbocycles. The third-order valence-electron chi connectivity index (χ3n) is 2.64. The van der Waals surface area contributed by atoms with Crippen LogP contribution in [0.2, 0.25) is 5.02 Å². The van der Waals surface area contributed by atoms with Crippen molar-refractivity contribution >= 4 is 46.5 Å². The Morgan fingerprint density at radius 1 is 1.25 bits per heavy atom. The third kappa shape index (κ3) is 5.48. The molecule has 0 aliphatic carbocycles. The third-order valence-corrected chi connectivity index (χ3v) is 6.54. The topological polar surface area (TPSA) is 43.4 Å². The normalized spacial score (nSPS) is 12.2. The first-order chi connectivity index (χ1) is 11.2. The fraction of sp³-hybridized carbons (Fsp3) is 0.400. The number of anilines is 1. The largest absolute Gasteiger partial charge is 0.311 e. The summed E-state index contributed by atoms with van der Waals surface area (Å²) >= 11 is 13.0. The highest BCUT2D eigenvalue weighted by Gasteiger charge is 2.24. The van der Waals surface area contributed by atoms with Crippen LogP contribution in [0.1, 0.15) is 27.7 Å². The molecule has 0 fully saturated rings. The Kier molecular flexibility index (Phi) is 6.76. The smallest absolute Gasteiger partial charge is 0.289 e. The molecule has 0 bridgehead atoms. The fourth-order valence-corrected chi connectivity index (χ4v) is 6.30. The van der Waals surface area contributed by atoms with E-state index in [0.717, 1.165) is 0 Å². The van der Waals surface area contributed by atoms with Crippen LogP contribution in [0.5, 0.6) is 0 Å². The van der Waals surface area contributed by atoms with Crippen molar-refractivity contribution in [2.24, 2.45) is 0 Å². The maximum absolute atomic E-state index is 13.2. The minimum atomic E-state index is -2.71. The Morgan fingerprint density at radius 3 is 2.42 bits per heavy atom. The summed E-state index contributed by atoms with van der Waals surface area (Å²) in [6.07, 6.45) is -0.152. The van der Waals surface area contributed by atoms with Crippen LogP contribution in [-0.4, -0.2) is 17.2 Å². The number of thiazole rings is 1. The molecule has 0 saturated carbocycles. The molecular formula is C15H19ClFN2O2PS2. The molecule has 9 heteroatoms. The highest BCUT2D eigenvalue weighted by molar-refractivity contribution is 8.10. The van der Waals surface area contributed by atoms with Gasteiger partial charge < -0.3 is 9.05 Å². The van der Waals surface area contributed by atoms with Crippen LogP contribution in [0, 0.1) is 5.82 Å². The van der Waals surface area contributed by atoms with E-state index in [2.05, 4.69) is 10.1 Å². The molecule has 0 saturated heterocycles. The quantitative estimate of drug-likeness (QED) is 0.561. The number of nitrogens with zero attached hydrogens (tertiary/aromatic N) is 1. The summed E-state index contributed by atoms with van der Waals surface area (Å²) in [5.41, 5.74) is 1.30. The van der Waals surface area contributed by atoms with Gasteiger partial charge in [-0.15, -0.1) is 11.3 Å². The van der Waals surface area contributed by atoms with Gasteiger partial charge in [-0.25, -0.2) is 9.37 Å². The molecule has 24 heavy (non-hydrogen) atoms. The highest BCUT2D eigenvalue weighted by atomic mass is 35.5. The summed E-state index contributed by atoms with van der Waals surface area (Å²) in [6, 6.07) is 4.21. The van der Waals surface area contributed by atoms with Crippen molar-refractivity contribution in [2.45, 2.75) is 39.9 Å². The maximum Gasteiger partial charge on any atom is 0.289 e. The van der Waals surface area contributed by atoms with E-state index in [-0.39, 0.29) is 18.0 Å². The average molecular weight is 409 g/mol. The number of nitrogens with one attached hydrogen (secondary N) is 1. The number of hydrogen-bond donors (Lipinski definition) is 1. The van der Waals surface area contributed by atoms with Crippen molar-refractivity contribution < 1.29 is 13.4 Å². The zero-order valence-corrected chi connectivity index (χ0v) is 17.0. The maximum atomic E-state index is 13.2. The van der Waals surface area contributed by atoms with Crippen LogP contribution in [0.15, 0.2) is 23.6 Å². The average Bonchev–Trinajstić information content (AvgIpc) is 2.83. The van der Waals surface area contributed by atoms with E-state index in [4.69, 9.17) is 32.5 Å². The van der Waals surface area contributed by atoms with Gasteiger partial charge in [0.15, 0.2) is 5.13 Å². The van der Waals surface area contributed by atoms with Crippen molar-refractivity contribution in [3.8, 4) is 11.3 Å². The lowest BCUT2D eigenvalue weighted by Gasteiger charge is -2.26. The molecule has 0 aliphatic heterocycles. The molecule has 1 N–H and O–H groups in total. The van der Waals surface area contributed by atoms with Crippen molar-refractivity contribution in [2.75, 3.05) is 5.09 Å². The van der Waals surface area contributed by atoms with Crippen LogP contribution < -0.4 is 5.09 Å². The monoisotopic (exact) mass is 408 g/mol. The molecule has 1 heterocycles. The Balaban J connectivity index is 2.24. The first-order valence-corrected chi connectivity index (χ1v) is 11.2. The number of hydrogen-bond acceptors (Lipinski definition) is 5. The lowest BCUT2D eigenvalue weighted by Crippen LogP contribution is -2.12. The van der Waals surface area contributed by atoms with Gasteiger partial charge in [0, 0.05) is 10.9 Å². The molecule has 0 radical (unpaired) electrons. The fourth-order valence-electron chi connectivity index (χ4n) is 1.90. The predicted octanol–water partition coefficient (Wildman–Crippen LogP) is 6.09. The molecular weight excluding hydrogens is 390 g/mol. The van der Waals surface area contributed by atoms with E-state index in [1.54, 1.807) is 6.07 Å². The van der Waals surface area contributed by atoms with Crippen molar-refractivity contribution in [1.82, 2.24) is 4.98 Å².